The molecule has 4 nitrogen and oxygen atoms in total. The van der Waals surface area contributed by atoms with Crippen molar-refractivity contribution in [3.63, 3.8) is 0 Å². The lowest BCUT2D eigenvalue weighted by molar-refractivity contribution is -0.122. The van der Waals surface area contributed by atoms with Crippen LogP contribution in [0.25, 0.3) is 10.8 Å². The molecule has 0 heterocycles. The Morgan fingerprint density at radius 1 is 1.00 bits per heavy atom. The first-order valence-electron chi connectivity index (χ1n) is 10.4. The van der Waals surface area contributed by atoms with E-state index in [-0.39, 0.29) is 18.1 Å². The van der Waals surface area contributed by atoms with Gasteiger partial charge in [0.2, 0.25) is 5.91 Å². The van der Waals surface area contributed by atoms with Crippen LogP contribution in [0.3, 0.4) is 0 Å². The number of carbonyl (C=O) groups excluding carboxylic acids is 1. The van der Waals surface area contributed by atoms with Gasteiger partial charge < -0.3 is 10.4 Å². The summed E-state index contributed by atoms with van der Waals surface area (Å²) >= 11 is 0. The lowest BCUT2D eigenvalue weighted by atomic mass is 9.93. The van der Waals surface area contributed by atoms with E-state index in [0.717, 1.165) is 38.8 Å². The van der Waals surface area contributed by atoms with Crippen molar-refractivity contribution in [3.05, 3.63) is 48.0 Å². The molecular formula is C23H30N2O2. The number of hydrogen-bond acceptors (Lipinski definition) is 3. The molecular weight excluding hydrogens is 336 g/mol. The second-order valence-electron chi connectivity index (χ2n) is 8.16. The molecule has 2 fully saturated rings. The van der Waals surface area contributed by atoms with Crippen LogP contribution >= 0.6 is 0 Å². The van der Waals surface area contributed by atoms with E-state index >= 15 is 0 Å². The zero-order valence-corrected chi connectivity index (χ0v) is 15.9. The van der Waals surface area contributed by atoms with Crippen molar-refractivity contribution in [2.24, 2.45) is 0 Å². The maximum atomic E-state index is 12.4. The van der Waals surface area contributed by atoms with Crippen LogP contribution in [0.15, 0.2) is 42.5 Å². The number of nitrogens with zero attached hydrogens (tertiary/aromatic N) is 1. The van der Waals surface area contributed by atoms with E-state index in [1.807, 2.05) is 0 Å². The average Bonchev–Trinajstić information content (AvgIpc) is 3.52. The summed E-state index contributed by atoms with van der Waals surface area (Å²) in [5.74, 6) is 0.153. The number of aliphatic hydroxyl groups excluding tert-OH is 1. The number of nitrogens with one attached hydrogen (secondary N) is 1. The Kier molecular flexibility index (Phi) is 5.74. The van der Waals surface area contributed by atoms with Gasteiger partial charge in [-0.25, -0.2) is 0 Å². The molecule has 0 aromatic heterocycles. The van der Waals surface area contributed by atoms with Gasteiger partial charge in [-0.2, -0.15) is 0 Å². The molecule has 2 aromatic rings. The van der Waals surface area contributed by atoms with Crippen molar-refractivity contribution in [1.29, 1.82) is 0 Å². The van der Waals surface area contributed by atoms with Crippen LogP contribution in [-0.4, -0.2) is 40.6 Å². The predicted molar refractivity (Wildman–Crippen MR) is 108 cm³/mol. The SMILES string of the molecule is O=C(CCN(Cc1cccc2ccccc12)C1CC1)NC1CCC(O)CC1. The Hall–Kier alpha value is -1.91. The third-order valence-electron chi connectivity index (χ3n) is 6.00. The van der Waals surface area contributed by atoms with Crippen LogP contribution in [0.1, 0.15) is 50.5 Å². The molecule has 1 amide bonds. The molecule has 0 spiro atoms. The summed E-state index contributed by atoms with van der Waals surface area (Å²) in [7, 11) is 0. The van der Waals surface area contributed by atoms with Crippen LogP contribution < -0.4 is 5.32 Å². The maximum absolute atomic E-state index is 12.4. The van der Waals surface area contributed by atoms with Crippen molar-refractivity contribution >= 4 is 16.7 Å². The minimum Gasteiger partial charge on any atom is -0.393 e. The second-order valence-corrected chi connectivity index (χ2v) is 8.16. The molecule has 144 valence electrons. The van der Waals surface area contributed by atoms with E-state index in [4.69, 9.17) is 0 Å². The molecule has 4 rings (SSSR count). The molecule has 0 unspecified atom stereocenters. The van der Waals surface area contributed by atoms with Crippen molar-refractivity contribution < 1.29 is 9.90 Å². The van der Waals surface area contributed by atoms with Crippen LogP contribution in [0.4, 0.5) is 0 Å². The van der Waals surface area contributed by atoms with Crippen LogP contribution in [-0.2, 0) is 11.3 Å². The van der Waals surface area contributed by atoms with Gasteiger partial charge in [0.05, 0.1) is 6.10 Å². The highest BCUT2D eigenvalue weighted by Gasteiger charge is 2.29. The second kappa shape index (κ2) is 8.41. The van der Waals surface area contributed by atoms with E-state index in [1.165, 1.54) is 29.2 Å². The maximum Gasteiger partial charge on any atom is 0.221 e. The van der Waals surface area contributed by atoms with Crippen LogP contribution in [0, 0.1) is 0 Å². The Bertz CT molecular complexity index is 774. The summed E-state index contributed by atoms with van der Waals surface area (Å²) < 4.78 is 0. The van der Waals surface area contributed by atoms with Gasteiger partial charge in [-0.15, -0.1) is 0 Å². The number of hydrogen-bond donors (Lipinski definition) is 2. The Labute approximate surface area is 161 Å². The zero-order valence-electron chi connectivity index (χ0n) is 15.9. The molecule has 2 aliphatic carbocycles. The molecule has 2 aromatic carbocycles. The molecule has 0 saturated heterocycles. The summed E-state index contributed by atoms with van der Waals surface area (Å²) in [4.78, 5) is 14.9. The normalized spacial score (nSPS) is 22.9. The fraction of sp³-hybridized carbons (Fsp3) is 0.522. The largest absolute Gasteiger partial charge is 0.393 e. The minimum atomic E-state index is -0.177. The monoisotopic (exact) mass is 366 g/mol. The smallest absolute Gasteiger partial charge is 0.221 e. The third-order valence-corrected chi connectivity index (χ3v) is 6.00. The molecule has 0 atom stereocenters. The molecule has 2 aliphatic rings. The molecule has 0 radical (unpaired) electrons. The minimum absolute atomic E-state index is 0.153. The van der Waals surface area contributed by atoms with Gasteiger partial charge in [-0.3, -0.25) is 9.69 Å². The Balaban J connectivity index is 1.34. The predicted octanol–water partition coefficient (Wildman–Crippen LogP) is 3.61. The number of aliphatic hydroxyl groups is 1. The Morgan fingerprint density at radius 2 is 1.74 bits per heavy atom. The summed E-state index contributed by atoms with van der Waals surface area (Å²) in [5, 5.41) is 15.4. The third kappa shape index (κ3) is 4.88. The van der Waals surface area contributed by atoms with Gasteiger partial charge in [-0.1, -0.05) is 42.5 Å². The highest BCUT2D eigenvalue weighted by Crippen LogP contribution is 2.30. The fourth-order valence-electron chi connectivity index (χ4n) is 4.24. The first kappa shape index (κ1) is 18.5. The lowest BCUT2D eigenvalue weighted by Gasteiger charge is -2.27. The lowest BCUT2D eigenvalue weighted by Crippen LogP contribution is -2.40. The standard InChI is InChI=1S/C23H30N2O2/c26-21-12-8-19(9-13-21)24-23(27)14-15-25(20-10-11-20)16-18-6-3-5-17-4-1-2-7-22(17)18/h1-7,19-21,26H,8-16H2,(H,24,27). The summed E-state index contributed by atoms with van der Waals surface area (Å²) in [6, 6.07) is 15.9. The molecule has 4 heteroatoms. The quantitative estimate of drug-likeness (QED) is 0.787. The van der Waals surface area contributed by atoms with Gasteiger partial charge in [-0.05, 0) is 54.9 Å². The fourth-order valence-corrected chi connectivity index (χ4v) is 4.24. The number of fused-ring (bicyclic) bond motifs is 1. The highest BCUT2D eigenvalue weighted by atomic mass is 16.3. The molecule has 27 heavy (non-hydrogen) atoms. The van der Waals surface area contributed by atoms with Crippen molar-refractivity contribution in [1.82, 2.24) is 10.2 Å². The number of carbonyl (C=O) groups is 1. The van der Waals surface area contributed by atoms with E-state index in [0.29, 0.717) is 12.5 Å². The summed E-state index contributed by atoms with van der Waals surface area (Å²) in [6.07, 6.45) is 6.27. The van der Waals surface area contributed by atoms with Crippen LogP contribution in [0.2, 0.25) is 0 Å². The van der Waals surface area contributed by atoms with Gasteiger partial charge in [0, 0.05) is 31.6 Å². The number of rotatable bonds is 7. The molecule has 2 saturated carbocycles. The van der Waals surface area contributed by atoms with Gasteiger partial charge in [0.15, 0.2) is 0 Å². The van der Waals surface area contributed by atoms with E-state index < -0.39 is 0 Å². The first-order valence-corrected chi connectivity index (χ1v) is 10.4. The van der Waals surface area contributed by atoms with Crippen LogP contribution in [0.5, 0.6) is 0 Å². The van der Waals surface area contributed by atoms with Gasteiger partial charge in [0.25, 0.3) is 0 Å². The topological polar surface area (TPSA) is 52.6 Å². The number of amides is 1. The average molecular weight is 367 g/mol. The molecule has 0 bridgehead atoms. The van der Waals surface area contributed by atoms with E-state index in [2.05, 4.69) is 52.7 Å². The first-order chi connectivity index (χ1) is 13.2. The number of benzene rings is 2. The van der Waals surface area contributed by atoms with Crippen molar-refractivity contribution in [3.8, 4) is 0 Å². The highest BCUT2D eigenvalue weighted by molar-refractivity contribution is 5.85. The molecule has 0 aliphatic heterocycles. The zero-order chi connectivity index (χ0) is 18.6. The van der Waals surface area contributed by atoms with E-state index in [1.54, 1.807) is 0 Å². The van der Waals surface area contributed by atoms with Crippen molar-refractivity contribution in [2.75, 3.05) is 6.54 Å². The van der Waals surface area contributed by atoms with Crippen molar-refractivity contribution in [2.45, 2.75) is 69.7 Å². The van der Waals surface area contributed by atoms with E-state index in [9.17, 15) is 9.90 Å². The summed E-state index contributed by atoms with van der Waals surface area (Å²) in [6.45, 7) is 1.73. The Morgan fingerprint density at radius 3 is 2.52 bits per heavy atom. The van der Waals surface area contributed by atoms with Gasteiger partial charge in [0.1, 0.15) is 0 Å². The summed E-state index contributed by atoms with van der Waals surface area (Å²) in [5.41, 5.74) is 1.35. The molecule has 2 N–H and O–H groups in total. The van der Waals surface area contributed by atoms with Gasteiger partial charge >= 0.3 is 0 Å².